The summed E-state index contributed by atoms with van der Waals surface area (Å²) in [5.41, 5.74) is 9.35. The minimum atomic E-state index is 0.804. The van der Waals surface area contributed by atoms with Crippen LogP contribution in [0.3, 0.4) is 0 Å². The topological polar surface area (TPSA) is 82.3 Å². The van der Waals surface area contributed by atoms with Crippen molar-refractivity contribution in [1.82, 2.24) is 25.1 Å². The number of nitrogens with zero attached hydrogens (tertiary/aromatic N) is 3. The second kappa shape index (κ2) is 10.7. The van der Waals surface area contributed by atoms with E-state index in [1.54, 1.807) is 12.4 Å². The molecule has 0 aliphatic heterocycles. The lowest BCUT2D eigenvalue weighted by molar-refractivity contribution is 1.06. The largest absolute Gasteiger partial charge is 0.354 e. The molecule has 0 bridgehead atoms. The minimum absolute atomic E-state index is 0.804. The normalized spacial score (nSPS) is 12.1. The van der Waals surface area contributed by atoms with E-state index >= 15 is 0 Å². The number of hydrogen-bond acceptors (Lipinski definition) is 4. The molecule has 4 heterocycles. The van der Waals surface area contributed by atoms with Crippen molar-refractivity contribution in [2.75, 3.05) is 5.32 Å². The molecule has 0 aliphatic rings. The Labute approximate surface area is 232 Å². The van der Waals surface area contributed by atoms with Gasteiger partial charge in [-0.15, -0.1) is 0 Å². The van der Waals surface area contributed by atoms with Gasteiger partial charge in [0.1, 0.15) is 5.69 Å². The minimum Gasteiger partial charge on any atom is -0.354 e. The second-order valence-electron chi connectivity index (χ2n) is 9.48. The first kappa shape index (κ1) is 24.8. The molecule has 6 nitrogen and oxygen atoms in total. The van der Waals surface area contributed by atoms with Crippen LogP contribution in [0.25, 0.3) is 56.8 Å². The highest BCUT2D eigenvalue weighted by atomic mass is 15.1. The van der Waals surface area contributed by atoms with E-state index in [9.17, 15) is 0 Å². The number of aromatic amines is 2. The summed E-state index contributed by atoms with van der Waals surface area (Å²) in [6, 6.07) is 24.4. The number of aromatic nitrogens is 5. The number of pyridine rings is 2. The molecule has 0 amide bonds. The number of benzene rings is 2. The van der Waals surface area contributed by atoms with Crippen LogP contribution in [0.1, 0.15) is 18.1 Å². The number of nitrogens with one attached hydrogen (secondary N) is 3. The standard InChI is InChI=1S/C34H28N6/c1-4-31-30(16-22(2)26-17-27(21-36-20-26)37-23(3)24-10-6-5-7-11-24)34(40-39-31)33-18-29-28(13-8-14-32(29)38-33)25-12-9-15-35-19-25/h4-21,37-39H,2-3H2,1H3/b30-16+,31-4+. The van der Waals surface area contributed by atoms with Crippen LogP contribution in [0.5, 0.6) is 0 Å². The first-order chi connectivity index (χ1) is 19.6. The summed E-state index contributed by atoms with van der Waals surface area (Å²) in [6.07, 6.45) is 11.3. The number of hydrogen-bond donors (Lipinski definition) is 3. The van der Waals surface area contributed by atoms with Crippen LogP contribution in [0.15, 0.2) is 111 Å². The van der Waals surface area contributed by atoms with E-state index in [-0.39, 0.29) is 0 Å². The van der Waals surface area contributed by atoms with Crippen LogP contribution in [-0.2, 0) is 0 Å². The van der Waals surface area contributed by atoms with Crippen LogP contribution in [-0.4, -0.2) is 25.1 Å². The third-order valence-corrected chi connectivity index (χ3v) is 6.86. The molecule has 0 saturated carbocycles. The molecule has 0 atom stereocenters. The molecule has 4 aromatic heterocycles. The third-order valence-electron chi connectivity index (χ3n) is 6.86. The maximum absolute atomic E-state index is 4.68. The molecule has 0 fully saturated rings. The van der Waals surface area contributed by atoms with Gasteiger partial charge in [-0.2, -0.15) is 5.10 Å². The molecule has 40 heavy (non-hydrogen) atoms. The van der Waals surface area contributed by atoms with Crippen LogP contribution >= 0.6 is 0 Å². The summed E-state index contributed by atoms with van der Waals surface area (Å²) in [4.78, 5) is 12.3. The van der Waals surface area contributed by atoms with Crippen molar-refractivity contribution >= 4 is 40.0 Å². The van der Waals surface area contributed by atoms with E-state index < -0.39 is 0 Å². The van der Waals surface area contributed by atoms with Gasteiger partial charge < -0.3 is 10.3 Å². The summed E-state index contributed by atoms with van der Waals surface area (Å²) in [6.45, 7) is 10.5. The number of anilines is 1. The summed E-state index contributed by atoms with van der Waals surface area (Å²) >= 11 is 0. The van der Waals surface area contributed by atoms with Gasteiger partial charge in [-0.25, -0.2) is 0 Å². The lowest BCUT2D eigenvalue weighted by atomic mass is 10.0. The Morgan fingerprint density at radius 2 is 1.75 bits per heavy atom. The van der Waals surface area contributed by atoms with Gasteiger partial charge in [-0.05, 0) is 54.0 Å². The molecule has 0 radical (unpaired) electrons. The van der Waals surface area contributed by atoms with Gasteiger partial charge in [0.05, 0.1) is 22.9 Å². The number of fused-ring (bicyclic) bond motifs is 1. The van der Waals surface area contributed by atoms with Gasteiger partial charge >= 0.3 is 0 Å². The van der Waals surface area contributed by atoms with Crippen LogP contribution in [0.4, 0.5) is 5.69 Å². The second-order valence-corrected chi connectivity index (χ2v) is 9.48. The predicted octanol–water partition coefficient (Wildman–Crippen LogP) is 6.39. The van der Waals surface area contributed by atoms with Crippen LogP contribution in [0, 0.1) is 0 Å². The van der Waals surface area contributed by atoms with Crippen molar-refractivity contribution in [2.24, 2.45) is 0 Å². The Balaban J connectivity index is 1.36. The molecular formula is C34H28N6. The molecule has 0 unspecified atom stereocenters. The molecule has 6 heteroatoms. The van der Waals surface area contributed by atoms with Crippen molar-refractivity contribution in [3.8, 4) is 22.5 Å². The molecule has 0 spiro atoms. The molecule has 3 N–H and O–H groups in total. The van der Waals surface area contributed by atoms with Crippen LogP contribution in [0.2, 0.25) is 0 Å². The Kier molecular flexibility index (Phi) is 6.65. The fourth-order valence-corrected chi connectivity index (χ4v) is 4.82. The van der Waals surface area contributed by atoms with E-state index in [4.69, 9.17) is 0 Å². The summed E-state index contributed by atoms with van der Waals surface area (Å²) in [7, 11) is 0. The Morgan fingerprint density at radius 1 is 0.875 bits per heavy atom. The molecule has 0 saturated heterocycles. The number of allylic oxidation sites excluding steroid dienone is 1. The van der Waals surface area contributed by atoms with E-state index in [1.165, 1.54) is 0 Å². The van der Waals surface area contributed by atoms with Gasteiger partial charge in [0.15, 0.2) is 0 Å². The first-order valence-electron chi connectivity index (χ1n) is 13.0. The lowest BCUT2D eigenvalue weighted by Gasteiger charge is -2.11. The van der Waals surface area contributed by atoms with Gasteiger partial charge in [0, 0.05) is 51.5 Å². The predicted molar refractivity (Wildman–Crippen MR) is 165 cm³/mol. The van der Waals surface area contributed by atoms with Crippen molar-refractivity contribution in [3.05, 3.63) is 132 Å². The molecule has 6 aromatic rings. The van der Waals surface area contributed by atoms with Gasteiger partial charge in [0.25, 0.3) is 0 Å². The number of rotatable bonds is 7. The molecular weight excluding hydrogens is 492 g/mol. The quantitative estimate of drug-likeness (QED) is 0.228. The average Bonchev–Trinajstić information content (AvgIpc) is 3.62. The smallest absolute Gasteiger partial charge is 0.116 e. The highest BCUT2D eigenvalue weighted by molar-refractivity contribution is 5.98. The molecule has 6 rings (SSSR count). The van der Waals surface area contributed by atoms with Crippen molar-refractivity contribution in [2.45, 2.75) is 6.92 Å². The maximum atomic E-state index is 4.68. The highest BCUT2D eigenvalue weighted by Gasteiger charge is 2.13. The zero-order chi connectivity index (χ0) is 27.5. The van der Waals surface area contributed by atoms with E-state index in [2.05, 4.69) is 80.0 Å². The lowest BCUT2D eigenvalue weighted by Crippen LogP contribution is -2.23. The van der Waals surface area contributed by atoms with E-state index in [0.717, 1.165) is 72.1 Å². The zero-order valence-corrected chi connectivity index (χ0v) is 22.1. The summed E-state index contributed by atoms with van der Waals surface area (Å²) in [5.74, 6) is 0. The average molecular weight is 521 g/mol. The van der Waals surface area contributed by atoms with E-state index in [0.29, 0.717) is 0 Å². The van der Waals surface area contributed by atoms with Gasteiger partial charge in [-0.3, -0.25) is 15.1 Å². The molecule has 2 aromatic carbocycles. The van der Waals surface area contributed by atoms with Crippen molar-refractivity contribution in [1.29, 1.82) is 0 Å². The summed E-state index contributed by atoms with van der Waals surface area (Å²) in [5, 5.41) is 14.2. The van der Waals surface area contributed by atoms with Crippen molar-refractivity contribution < 1.29 is 0 Å². The summed E-state index contributed by atoms with van der Waals surface area (Å²) < 4.78 is 0. The number of H-pyrrole nitrogens is 2. The van der Waals surface area contributed by atoms with Gasteiger partial charge in [0.2, 0.25) is 0 Å². The highest BCUT2D eigenvalue weighted by Crippen LogP contribution is 2.31. The van der Waals surface area contributed by atoms with Crippen LogP contribution < -0.4 is 15.9 Å². The van der Waals surface area contributed by atoms with E-state index in [1.807, 2.05) is 67.9 Å². The molecule has 0 aliphatic carbocycles. The monoisotopic (exact) mass is 520 g/mol. The van der Waals surface area contributed by atoms with Crippen molar-refractivity contribution in [3.63, 3.8) is 0 Å². The Morgan fingerprint density at radius 3 is 2.55 bits per heavy atom. The first-order valence-corrected chi connectivity index (χ1v) is 13.0. The fourth-order valence-electron chi connectivity index (χ4n) is 4.82. The maximum Gasteiger partial charge on any atom is 0.116 e. The van der Waals surface area contributed by atoms with Gasteiger partial charge in [-0.1, -0.05) is 67.8 Å². The molecule has 194 valence electrons. The zero-order valence-electron chi connectivity index (χ0n) is 22.1. The fraction of sp³-hybridized carbons (Fsp3) is 0.0294. The Hall–Kier alpha value is -5.49. The third kappa shape index (κ3) is 4.86. The SMILES string of the molecule is C=C(/C=c1/c(-c2cc3c(-c4cccnc4)cccc3[nH]2)n[nH]/c1=C/C)c1cncc(NC(=C)c2ccccc2)c1. The Bertz CT molecular complexity index is 1960.